The minimum Gasteiger partial charge on any atom is -0.397 e. The maximum absolute atomic E-state index is 11.2. The number of unbranched alkanes of at least 4 members (excludes halogenated alkanes) is 1. The Morgan fingerprint density at radius 2 is 2.18 bits per heavy atom. The van der Waals surface area contributed by atoms with Crippen molar-refractivity contribution in [2.75, 3.05) is 23.7 Å². The number of hydrogen-bond donors (Lipinski definition) is 2. The monoisotopic (exact) mass is 236 g/mol. The van der Waals surface area contributed by atoms with Crippen LogP contribution in [0.4, 0.5) is 11.5 Å². The summed E-state index contributed by atoms with van der Waals surface area (Å²) in [4.78, 5) is 17.5. The zero-order chi connectivity index (χ0) is 12.8. The van der Waals surface area contributed by atoms with Gasteiger partial charge >= 0.3 is 0 Å². The number of amides is 1. The third-order valence-electron chi connectivity index (χ3n) is 2.67. The minimum absolute atomic E-state index is 0.327. The molecule has 0 saturated carbocycles. The molecule has 0 radical (unpaired) electrons. The van der Waals surface area contributed by atoms with Crippen molar-refractivity contribution >= 4 is 17.4 Å². The molecule has 0 atom stereocenters. The first kappa shape index (κ1) is 13.3. The molecule has 0 spiro atoms. The van der Waals surface area contributed by atoms with E-state index in [2.05, 4.69) is 23.7 Å². The number of nitrogens with two attached hydrogens (primary N) is 2. The summed E-state index contributed by atoms with van der Waals surface area (Å²) in [5, 5.41) is 0. The second-order valence-electron chi connectivity index (χ2n) is 3.93. The quantitative estimate of drug-likeness (QED) is 0.781. The number of nitrogens with zero attached hydrogens (tertiary/aromatic N) is 2. The molecule has 1 heterocycles. The van der Waals surface area contributed by atoms with Crippen molar-refractivity contribution < 1.29 is 4.79 Å². The van der Waals surface area contributed by atoms with Crippen LogP contribution in [0.1, 0.15) is 37.0 Å². The number of rotatable bonds is 6. The van der Waals surface area contributed by atoms with Gasteiger partial charge in [0.05, 0.1) is 17.4 Å². The number of carbonyl (C=O) groups is 1. The molecular formula is C12H20N4O. The molecule has 0 aliphatic heterocycles. The molecule has 0 aliphatic carbocycles. The Balaban J connectivity index is 2.96. The first-order valence-corrected chi connectivity index (χ1v) is 5.90. The maximum Gasteiger partial charge on any atom is 0.250 e. The van der Waals surface area contributed by atoms with Crippen LogP contribution in [-0.2, 0) is 0 Å². The summed E-state index contributed by atoms with van der Waals surface area (Å²) in [7, 11) is 0. The molecule has 0 unspecified atom stereocenters. The zero-order valence-corrected chi connectivity index (χ0v) is 10.4. The van der Waals surface area contributed by atoms with Crippen LogP contribution in [0.5, 0.6) is 0 Å². The maximum atomic E-state index is 11.2. The van der Waals surface area contributed by atoms with E-state index in [-0.39, 0.29) is 0 Å². The average Bonchev–Trinajstić information content (AvgIpc) is 2.31. The lowest BCUT2D eigenvalue weighted by atomic mass is 10.2. The molecule has 1 aromatic heterocycles. The lowest BCUT2D eigenvalue weighted by Crippen LogP contribution is -2.25. The van der Waals surface area contributed by atoms with E-state index in [4.69, 9.17) is 11.5 Å². The van der Waals surface area contributed by atoms with Crippen LogP contribution in [-0.4, -0.2) is 24.0 Å². The number of anilines is 2. The van der Waals surface area contributed by atoms with Gasteiger partial charge in [-0.2, -0.15) is 0 Å². The van der Waals surface area contributed by atoms with Gasteiger partial charge in [-0.3, -0.25) is 4.79 Å². The fraction of sp³-hybridized carbons (Fsp3) is 0.500. The zero-order valence-electron chi connectivity index (χ0n) is 10.4. The predicted octanol–water partition coefficient (Wildman–Crippen LogP) is 1.39. The SMILES string of the molecule is CCCCN(CC)c1cc(C(N)=O)c(N)cn1. The van der Waals surface area contributed by atoms with Crippen LogP contribution in [0, 0.1) is 0 Å². The summed E-state index contributed by atoms with van der Waals surface area (Å²) < 4.78 is 0. The summed E-state index contributed by atoms with van der Waals surface area (Å²) in [5.41, 5.74) is 11.6. The molecule has 0 aliphatic rings. The molecule has 1 amide bonds. The van der Waals surface area contributed by atoms with Crippen LogP contribution < -0.4 is 16.4 Å². The highest BCUT2D eigenvalue weighted by Crippen LogP contribution is 2.18. The molecular weight excluding hydrogens is 216 g/mol. The van der Waals surface area contributed by atoms with E-state index < -0.39 is 5.91 Å². The fourth-order valence-corrected chi connectivity index (χ4v) is 1.62. The van der Waals surface area contributed by atoms with E-state index in [0.29, 0.717) is 11.3 Å². The molecule has 0 fully saturated rings. The summed E-state index contributed by atoms with van der Waals surface area (Å²) >= 11 is 0. The number of carbonyl (C=O) groups excluding carboxylic acids is 1. The van der Waals surface area contributed by atoms with Crippen molar-refractivity contribution in [3.05, 3.63) is 17.8 Å². The normalized spacial score (nSPS) is 10.2. The standard InChI is InChI=1S/C12H20N4O/c1-3-5-6-16(4-2)11-7-9(12(14)17)10(13)8-15-11/h7-8H,3-6,13H2,1-2H3,(H2,14,17). The van der Waals surface area contributed by atoms with E-state index in [1.165, 1.54) is 6.20 Å². The van der Waals surface area contributed by atoms with Crippen LogP contribution in [0.15, 0.2) is 12.3 Å². The van der Waals surface area contributed by atoms with Gasteiger partial charge in [0, 0.05) is 13.1 Å². The van der Waals surface area contributed by atoms with Gasteiger partial charge in [-0.1, -0.05) is 13.3 Å². The molecule has 1 rings (SSSR count). The van der Waals surface area contributed by atoms with Gasteiger partial charge in [-0.15, -0.1) is 0 Å². The Morgan fingerprint density at radius 1 is 1.47 bits per heavy atom. The Labute approximate surface area is 102 Å². The molecule has 4 N–H and O–H groups in total. The highest BCUT2D eigenvalue weighted by atomic mass is 16.1. The van der Waals surface area contributed by atoms with E-state index in [1.54, 1.807) is 6.07 Å². The van der Waals surface area contributed by atoms with E-state index in [9.17, 15) is 4.79 Å². The van der Waals surface area contributed by atoms with Gasteiger partial charge in [0.15, 0.2) is 0 Å². The lowest BCUT2D eigenvalue weighted by molar-refractivity contribution is 0.100. The van der Waals surface area contributed by atoms with Crippen LogP contribution >= 0.6 is 0 Å². The van der Waals surface area contributed by atoms with E-state index in [0.717, 1.165) is 31.7 Å². The highest BCUT2D eigenvalue weighted by molar-refractivity contribution is 5.98. The summed E-state index contributed by atoms with van der Waals surface area (Å²) in [6.07, 6.45) is 3.70. The highest BCUT2D eigenvalue weighted by Gasteiger charge is 2.11. The molecule has 17 heavy (non-hydrogen) atoms. The van der Waals surface area contributed by atoms with E-state index >= 15 is 0 Å². The van der Waals surface area contributed by atoms with Gasteiger partial charge in [-0.05, 0) is 19.4 Å². The van der Waals surface area contributed by atoms with Crippen LogP contribution in [0.2, 0.25) is 0 Å². The summed E-state index contributed by atoms with van der Waals surface area (Å²) in [5.74, 6) is 0.238. The number of aromatic nitrogens is 1. The fourth-order valence-electron chi connectivity index (χ4n) is 1.62. The first-order chi connectivity index (χ1) is 8.10. The van der Waals surface area contributed by atoms with Crippen molar-refractivity contribution in [3.63, 3.8) is 0 Å². The molecule has 5 heteroatoms. The van der Waals surface area contributed by atoms with Gasteiger partial charge < -0.3 is 16.4 Å². The molecule has 0 bridgehead atoms. The van der Waals surface area contributed by atoms with Gasteiger partial charge in [0.2, 0.25) is 0 Å². The first-order valence-electron chi connectivity index (χ1n) is 5.90. The molecule has 5 nitrogen and oxygen atoms in total. The Bertz CT molecular complexity index is 392. The van der Waals surface area contributed by atoms with Crippen molar-refractivity contribution in [1.82, 2.24) is 4.98 Å². The minimum atomic E-state index is -0.516. The second kappa shape index (κ2) is 6.08. The lowest BCUT2D eigenvalue weighted by Gasteiger charge is -2.22. The number of hydrogen-bond acceptors (Lipinski definition) is 4. The largest absolute Gasteiger partial charge is 0.397 e. The Hall–Kier alpha value is -1.78. The van der Waals surface area contributed by atoms with Gasteiger partial charge in [-0.25, -0.2) is 4.98 Å². The van der Waals surface area contributed by atoms with Crippen molar-refractivity contribution in [2.24, 2.45) is 5.73 Å². The van der Waals surface area contributed by atoms with E-state index in [1.807, 2.05) is 0 Å². The number of primary amides is 1. The third-order valence-corrected chi connectivity index (χ3v) is 2.67. The van der Waals surface area contributed by atoms with Gasteiger partial charge in [0.1, 0.15) is 5.82 Å². The molecule has 94 valence electrons. The number of nitrogen functional groups attached to an aromatic ring is 1. The Kier molecular flexibility index (Phi) is 4.75. The van der Waals surface area contributed by atoms with Crippen LogP contribution in [0.3, 0.4) is 0 Å². The summed E-state index contributed by atoms with van der Waals surface area (Å²) in [6.45, 7) is 5.95. The molecule has 1 aromatic rings. The van der Waals surface area contributed by atoms with Crippen molar-refractivity contribution in [1.29, 1.82) is 0 Å². The van der Waals surface area contributed by atoms with Crippen LogP contribution in [0.25, 0.3) is 0 Å². The van der Waals surface area contributed by atoms with Gasteiger partial charge in [0.25, 0.3) is 5.91 Å². The molecule has 0 saturated heterocycles. The predicted molar refractivity (Wildman–Crippen MR) is 70.0 cm³/mol. The topological polar surface area (TPSA) is 85.2 Å². The van der Waals surface area contributed by atoms with Crippen molar-refractivity contribution in [3.8, 4) is 0 Å². The van der Waals surface area contributed by atoms with Crippen molar-refractivity contribution in [2.45, 2.75) is 26.7 Å². The Morgan fingerprint density at radius 3 is 2.71 bits per heavy atom. The second-order valence-corrected chi connectivity index (χ2v) is 3.93. The third kappa shape index (κ3) is 3.34. The molecule has 0 aromatic carbocycles. The smallest absolute Gasteiger partial charge is 0.250 e. The number of pyridine rings is 1. The average molecular weight is 236 g/mol. The summed E-state index contributed by atoms with van der Waals surface area (Å²) in [6, 6.07) is 1.66.